The molecule has 0 unspecified atom stereocenters. The summed E-state index contributed by atoms with van der Waals surface area (Å²) in [6, 6.07) is 3.83. The SMILES string of the molecule is C/C=C1\[C@@H]([C@@H](O)c2ccco2)C[C@H]2[C@@H]3C[C@@H](OC)[C@]45C[C@H]4CC[C@]5(C)[C@H]3CC[C@]12C. The van der Waals surface area contributed by atoms with Gasteiger partial charge in [-0.05, 0) is 98.5 Å². The maximum absolute atomic E-state index is 11.3. The van der Waals surface area contributed by atoms with Crippen LogP contribution in [0.3, 0.4) is 0 Å². The van der Waals surface area contributed by atoms with E-state index >= 15 is 0 Å². The van der Waals surface area contributed by atoms with Crippen LogP contribution in [0.2, 0.25) is 0 Å². The van der Waals surface area contributed by atoms with E-state index in [1.165, 1.54) is 44.1 Å². The van der Waals surface area contributed by atoms with Gasteiger partial charge < -0.3 is 14.3 Å². The number of methoxy groups -OCH3 is 1. The highest BCUT2D eigenvalue weighted by molar-refractivity contribution is 5.32. The van der Waals surface area contributed by atoms with Crippen molar-refractivity contribution >= 4 is 0 Å². The minimum Gasteiger partial charge on any atom is -0.467 e. The van der Waals surface area contributed by atoms with E-state index < -0.39 is 6.10 Å². The molecule has 5 aliphatic carbocycles. The van der Waals surface area contributed by atoms with Crippen LogP contribution in [0, 0.1) is 45.8 Å². The Morgan fingerprint density at radius 3 is 2.70 bits per heavy atom. The Morgan fingerprint density at radius 2 is 2.03 bits per heavy atom. The molecule has 0 aromatic carbocycles. The minimum atomic E-state index is -0.532. The quantitative estimate of drug-likeness (QED) is 0.608. The fraction of sp³-hybridized carbons (Fsp3) is 0.778. The molecule has 1 aromatic rings. The topological polar surface area (TPSA) is 42.6 Å². The summed E-state index contributed by atoms with van der Waals surface area (Å²) in [6.07, 6.45) is 13.1. The van der Waals surface area contributed by atoms with Gasteiger partial charge in [0.05, 0.1) is 12.4 Å². The molecule has 10 atom stereocenters. The van der Waals surface area contributed by atoms with Gasteiger partial charge in [-0.3, -0.25) is 0 Å². The number of furan rings is 1. The third-order valence-corrected chi connectivity index (χ3v) is 11.3. The number of aliphatic hydroxyl groups is 1. The molecule has 0 saturated heterocycles. The van der Waals surface area contributed by atoms with Gasteiger partial charge in [-0.25, -0.2) is 0 Å². The van der Waals surface area contributed by atoms with Gasteiger partial charge >= 0.3 is 0 Å². The first kappa shape index (κ1) is 19.6. The number of hydrogen-bond donors (Lipinski definition) is 1. The van der Waals surface area contributed by atoms with Gasteiger partial charge in [0.2, 0.25) is 0 Å². The molecule has 5 saturated carbocycles. The smallest absolute Gasteiger partial charge is 0.132 e. The molecule has 0 bridgehead atoms. The molecular weight excluding hydrogens is 372 g/mol. The number of allylic oxidation sites excluding steroid dienone is 1. The molecule has 30 heavy (non-hydrogen) atoms. The lowest BCUT2D eigenvalue weighted by atomic mass is 9.46. The van der Waals surface area contributed by atoms with Crippen molar-refractivity contribution in [3.8, 4) is 0 Å². The zero-order valence-electron chi connectivity index (χ0n) is 19.1. The van der Waals surface area contributed by atoms with Crippen molar-refractivity contribution in [2.75, 3.05) is 7.11 Å². The second-order valence-electron chi connectivity index (χ2n) is 11.7. The molecule has 1 aromatic heterocycles. The Labute approximate surface area is 181 Å². The predicted octanol–water partition coefficient (Wildman–Crippen LogP) is 6.15. The number of aliphatic hydroxyl groups excluding tert-OH is 1. The van der Waals surface area contributed by atoms with E-state index in [1.54, 1.807) is 6.26 Å². The lowest BCUT2D eigenvalue weighted by molar-refractivity contribution is -0.152. The maximum Gasteiger partial charge on any atom is 0.132 e. The standard InChI is InChI=1S/C27H38O3/c1-5-19-18(24(28)22-7-6-12-30-22)13-21-17-14-23(29-4)27-15-16(27)8-11-26(27,3)20(17)9-10-25(19,21)2/h5-7,12,16-18,20-21,23-24,28H,8-11,13-15H2,1-4H3/b19-5+/t16-,17-,18+,20+,21+,23-,24-,25-,26-,27+/m1/s1. The largest absolute Gasteiger partial charge is 0.467 e. The Bertz CT molecular complexity index is 857. The lowest BCUT2D eigenvalue weighted by Crippen LogP contribution is -2.56. The zero-order valence-corrected chi connectivity index (χ0v) is 19.1. The first-order chi connectivity index (χ1) is 14.4. The highest BCUT2D eigenvalue weighted by Crippen LogP contribution is 2.82. The van der Waals surface area contributed by atoms with Gasteiger partial charge in [-0.2, -0.15) is 0 Å². The third kappa shape index (κ3) is 2.14. The molecule has 5 fully saturated rings. The van der Waals surface area contributed by atoms with E-state index in [2.05, 4.69) is 26.8 Å². The molecule has 1 heterocycles. The Hall–Kier alpha value is -1.06. The molecule has 0 radical (unpaired) electrons. The van der Waals surface area contributed by atoms with Crippen molar-refractivity contribution in [1.29, 1.82) is 0 Å². The summed E-state index contributed by atoms with van der Waals surface area (Å²) in [6.45, 7) is 7.31. The Morgan fingerprint density at radius 1 is 1.20 bits per heavy atom. The maximum atomic E-state index is 11.3. The van der Waals surface area contributed by atoms with Crippen molar-refractivity contribution in [3.63, 3.8) is 0 Å². The summed E-state index contributed by atoms with van der Waals surface area (Å²) in [4.78, 5) is 0. The molecule has 0 amide bonds. The molecule has 5 aliphatic rings. The van der Waals surface area contributed by atoms with Crippen molar-refractivity contribution in [1.82, 2.24) is 0 Å². The normalized spacial score (nSPS) is 53.7. The number of fused-ring (bicyclic) bond motifs is 4. The van der Waals surface area contributed by atoms with Gasteiger partial charge in [0.25, 0.3) is 0 Å². The second kappa shape index (κ2) is 6.25. The van der Waals surface area contributed by atoms with Crippen LogP contribution in [-0.4, -0.2) is 18.3 Å². The van der Waals surface area contributed by atoms with Crippen LogP contribution in [0.15, 0.2) is 34.5 Å². The molecule has 0 aliphatic heterocycles. The molecule has 1 spiro atoms. The van der Waals surface area contributed by atoms with E-state index in [1.807, 2.05) is 19.2 Å². The van der Waals surface area contributed by atoms with Crippen molar-refractivity contribution in [2.24, 2.45) is 45.8 Å². The van der Waals surface area contributed by atoms with Gasteiger partial charge in [0, 0.05) is 18.4 Å². The summed E-state index contributed by atoms with van der Waals surface area (Å²) >= 11 is 0. The highest BCUT2D eigenvalue weighted by Gasteiger charge is 2.77. The van der Waals surface area contributed by atoms with Crippen molar-refractivity contribution in [3.05, 3.63) is 35.8 Å². The van der Waals surface area contributed by atoms with Crippen LogP contribution >= 0.6 is 0 Å². The van der Waals surface area contributed by atoms with Crippen LogP contribution in [0.1, 0.15) is 77.6 Å². The van der Waals surface area contributed by atoms with Gasteiger partial charge in [0.1, 0.15) is 11.9 Å². The van der Waals surface area contributed by atoms with E-state index in [-0.39, 0.29) is 11.3 Å². The summed E-state index contributed by atoms with van der Waals surface area (Å²) in [5.74, 6) is 4.00. The van der Waals surface area contributed by atoms with Crippen LogP contribution in [0.25, 0.3) is 0 Å². The molecule has 6 rings (SSSR count). The van der Waals surface area contributed by atoms with Crippen LogP contribution in [0.4, 0.5) is 0 Å². The number of hydrogen-bond acceptors (Lipinski definition) is 3. The highest BCUT2D eigenvalue weighted by atomic mass is 16.5. The summed E-state index contributed by atoms with van der Waals surface area (Å²) in [5.41, 5.74) is 2.61. The number of rotatable bonds is 3. The average Bonchev–Trinajstić information content (AvgIpc) is 3.06. The van der Waals surface area contributed by atoms with E-state index in [0.717, 1.165) is 24.0 Å². The fourth-order valence-electron chi connectivity index (χ4n) is 10.0. The molecule has 3 nitrogen and oxygen atoms in total. The minimum absolute atomic E-state index is 0.178. The summed E-state index contributed by atoms with van der Waals surface area (Å²) in [5, 5.41) is 11.3. The van der Waals surface area contributed by atoms with Gasteiger partial charge in [-0.15, -0.1) is 0 Å². The third-order valence-electron chi connectivity index (χ3n) is 11.3. The predicted molar refractivity (Wildman–Crippen MR) is 117 cm³/mol. The van der Waals surface area contributed by atoms with Crippen molar-refractivity contribution < 1.29 is 14.3 Å². The first-order valence-electron chi connectivity index (χ1n) is 12.3. The molecular formula is C27H38O3. The van der Waals surface area contributed by atoms with Gasteiger partial charge in [-0.1, -0.05) is 25.5 Å². The Kier molecular flexibility index (Phi) is 4.09. The fourth-order valence-corrected chi connectivity index (χ4v) is 10.0. The molecule has 1 N–H and O–H groups in total. The second-order valence-corrected chi connectivity index (χ2v) is 11.7. The van der Waals surface area contributed by atoms with Crippen LogP contribution in [0.5, 0.6) is 0 Å². The zero-order chi connectivity index (χ0) is 20.9. The monoisotopic (exact) mass is 410 g/mol. The number of ether oxygens (including phenoxy) is 1. The first-order valence-corrected chi connectivity index (χ1v) is 12.3. The lowest BCUT2D eigenvalue weighted by Gasteiger charge is -2.60. The van der Waals surface area contributed by atoms with Gasteiger partial charge in [0.15, 0.2) is 0 Å². The van der Waals surface area contributed by atoms with E-state index in [9.17, 15) is 5.11 Å². The average molecular weight is 411 g/mol. The van der Waals surface area contributed by atoms with E-state index in [4.69, 9.17) is 9.15 Å². The van der Waals surface area contributed by atoms with Crippen molar-refractivity contribution in [2.45, 2.75) is 77.9 Å². The molecule has 3 heteroatoms. The Balaban J connectivity index is 1.37. The summed E-state index contributed by atoms with van der Waals surface area (Å²) < 4.78 is 11.9. The van der Waals surface area contributed by atoms with E-state index in [0.29, 0.717) is 28.8 Å². The molecule has 164 valence electrons. The van der Waals surface area contributed by atoms with Crippen LogP contribution < -0.4 is 0 Å². The summed E-state index contributed by atoms with van der Waals surface area (Å²) in [7, 11) is 1.96. The van der Waals surface area contributed by atoms with Crippen LogP contribution in [-0.2, 0) is 4.74 Å².